The van der Waals surface area contributed by atoms with Crippen LogP contribution in [0.25, 0.3) is 23.2 Å². The van der Waals surface area contributed by atoms with E-state index in [9.17, 15) is 46.1 Å². The van der Waals surface area contributed by atoms with Crippen molar-refractivity contribution in [3.05, 3.63) is 178 Å². The van der Waals surface area contributed by atoms with Crippen LogP contribution in [0.5, 0.6) is 0 Å². The highest BCUT2D eigenvalue weighted by Crippen LogP contribution is 2.39. The average Bonchev–Trinajstić information content (AvgIpc) is 4.07. The molecule has 4 aromatic carbocycles. The maximum atomic E-state index is 13.4. The zero-order valence-corrected chi connectivity index (χ0v) is 41.8. The summed E-state index contributed by atoms with van der Waals surface area (Å²) < 4.78 is 91.7. The molecule has 6 N–H and O–H groups in total. The fourth-order valence-electron chi connectivity index (χ4n) is 9.29. The van der Waals surface area contributed by atoms with E-state index in [1.807, 2.05) is 109 Å². The summed E-state index contributed by atoms with van der Waals surface area (Å²) in [5.74, 6) is -0.785. The molecule has 8 aromatic rings. The van der Waals surface area contributed by atoms with E-state index in [2.05, 4.69) is 51.6 Å². The van der Waals surface area contributed by atoms with Gasteiger partial charge in [-0.05, 0) is 48.9 Å². The number of aliphatic hydroxyl groups excluding tert-OH is 2. The minimum Gasteiger partial charge on any atom is -0.402 e. The van der Waals surface area contributed by atoms with Crippen molar-refractivity contribution >= 4 is 46.4 Å². The first-order valence-corrected chi connectivity index (χ1v) is 25.3. The van der Waals surface area contributed by atoms with Gasteiger partial charge in [0.05, 0.1) is 58.2 Å². The minimum absolute atomic E-state index is 0.000785. The predicted molar refractivity (Wildman–Crippen MR) is 280 cm³/mol. The maximum Gasteiger partial charge on any atom is 0.417 e. The molecule has 24 heteroatoms. The first kappa shape index (κ1) is 52.9. The molecule has 0 saturated heterocycles. The number of aliphatic imine (C=N–C) groups is 2. The number of nitrogens with one attached hydrogen (secondary N) is 4. The highest BCUT2D eigenvalue weighted by atomic mass is 19.4. The number of alkyl halides is 6. The van der Waals surface area contributed by atoms with Gasteiger partial charge in [0, 0.05) is 47.5 Å². The van der Waals surface area contributed by atoms with E-state index in [1.54, 1.807) is 0 Å². The Morgan fingerprint density at radius 3 is 1.24 bits per heavy atom. The average molecular weight is 1100 g/mol. The maximum absolute atomic E-state index is 13.4. The van der Waals surface area contributed by atoms with Gasteiger partial charge in [0.15, 0.2) is 35.3 Å². The third-order valence-corrected chi connectivity index (χ3v) is 13.9. The number of ketones is 2. The first-order chi connectivity index (χ1) is 38.5. The summed E-state index contributed by atoms with van der Waals surface area (Å²) >= 11 is 0. The summed E-state index contributed by atoms with van der Waals surface area (Å²) in [6.45, 7) is 0. The molecule has 4 aliphatic rings. The van der Waals surface area contributed by atoms with Gasteiger partial charge in [-0.3, -0.25) is 19.6 Å². The molecule has 0 spiro atoms. The molecular weight excluding hydrogens is 1050 g/mol. The number of Topliss-reactive ketones (excluding diaryl/α,β-unsaturated/α-hetero) is 2. The zero-order chi connectivity index (χ0) is 55.7. The Morgan fingerprint density at radius 1 is 0.487 bits per heavy atom. The van der Waals surface area contributed by atoms with Gasteiger partial charge in [-0.25, -0.2) is 9.97 Å². The molecule has 6 atom stereocenters. The van der Waals surface area contributed by atoms with Gasteiger partial charge in [-0.2, -0.15) is 26.3 Å². The lowest BCUT2D eigenvalue weighted by Crippen LogP contribution is -2.42. The third-order valence-electron chi connectivity index (χ3n) is 13.9. The summed E-state index contributed by atoms with van der Waals surface area (Å²) in [6.07, 6.45) is -8.89. The Balaban J connectivity index is 0.000000169. The van der Waals surface area contributed by atoms with Crippen LogP contribution >= 0.6 is 0 Å². The van der Waals surface area contributed by atoms with Crippen LogP contribution in [0.1, 0.15) is 70.2 Å². The van der Waals surface area contributed by atoms with Crippen LogP contribution in [-0.4, -0.2) is 100 Å². The van der Waals surface area contributed by atoms with Crippen molar-refractivity contribution in [2.24, 2.45) is 9.98 Å². The van der Waals surface area contributed by atoms with E-state index in [0.29, 0.717) is 49.5 Å². The van der Waals surface area contributed by atoms with Crippen molar-refractivity contribution in [3.8, 4) is 23.2 Å². The molecular formula is C56H46F6N12O6. The number of halogens is 6. The van der Waals surface area contributed by atoms with E-state index in [1.165, 1.54) is 0 Å². The Hall–Kier alpha value is -9.16. The second kappa shape index (κ2) is 21.9. The van der Waals surface area contributed by atoms with Crippen LogP contribution in [-0.2, 0) is 34.8 Å². The standard InChI is InChI=1S/2C28H23F3N6O3/c2*29-28(30,31)17-13-20(33-19-10-11-21(19)38)24(32-14-17)26-36-37-27(40-26)35-25-22(39)12-16-8-4-5-9-18(16)23(34-25)15-6-2-1-3-7-15/h2*1-9,13-14,19,21,25,33,38H,10-12H2,(H,35,37)/t19-,21+,25+;19-,21+,25-/m01/s1. The first-order valence-electron chi connectivity index (χ1n) is 25.3. The van der Waals surface area contributed by atoms with Crippen LogP contribution in [0.15, 0.2) is 153 Å². The number of anilines is 4. The van der Waals surface area contributed by atoms with Crippen molar-refractivity contribution in [2.45, 2.75) is 87.5 Å². The van der Waals surface area contributed by atoms with E-state index >= 15 is 0 Å². The van der Waals surface area contributed by atoms with Crippen LogP contribution < -0.4 is 21.3 Å². The fourth-order valence-corrected chi connectivity index (χ4v) is 9.29. The molecule has 2 saturated carbocycles. The number of aliphatic hydroxyl groups is 2. The van der Waals surface area contributed by atoms with Crippen molar-refractivity contribution in [2.75, 3.05) is 21.3 Å². The molecule has 0 amide bonds. The van der Waals surface area contributed by atoms with Gasteiger partial charge >= 0.3 is 24.4 Å². The third kappa shape index (κ3) is 11.4. The molecule has 2 aliphatic carbocycles. The summed E-state index contributed by atoms with van der Waals surface area (Å²) in [6, 6.07) is 34.6. The normalized spacial score (nSPS) is 20.6. The number of carbonyl (C=O) groups is 2. The van der Waals surface area contributed by atoms with Gasteiger partial charge < -0.3 is 40.3 Å². The number of hydrogen-bond acceptors (Lipinski definition) is 18. The van der Waals surface area contributed by atoms with Gasteiger partial charge in [-0.15, -0.1) is 10.2 Å². The molecule has 4 aromatic heterocycles. The predicted octanol–water partition coefficient (Wildman–Crippen LogP) is 8.97. The number of pyridine rings is 2. The molecule has 80 heavy (non-hydrogen) atoms. The second-order valence-corrected chi connectivity index (χ2v) is 19.2. The number of hydrogen-bond donors (Lipinski definition) is 6. The largest absolute Gasteiger partial charge is 0.417 e. The molecule has 12 rings (SSSR count). The number of nitrogens with zero attached hydrogens (tertiary/aromatic N) is 8. The minimum atomic E-state index is -4.62. The summed E-state index contributed by atoms with van der Waals surface area (Å²) in [4.78, 5) is 43.7. The second-order valence-electron chi connectivity index (χ2n) is 19.2. The molecule has 18 nitrogen and oxygen atoms in total. The lowest BCUT2D eigenvalue weighted by Gasteiger charge is -2.34. The molecule has 0 bridgehead atoms. The molecule has 2 aliphatic heterocycles. The molecule has 6 heterocycles. The van der Waals surface area contributed by atoms with Crippen molar-refractivity contribution in [1.82, 2.24) is 30.4 Å². The van der Waals surface area contributed by atoms with Crippen LogP contribution in [0.4, 0.5) is 49.7 Å². The van der Waals surface area contributed by atoms with Crippen LogP contribution in [0.2, 0.25) is 0 Å². The molecule has 408 valence electrons. The Labute approximate surface area is 450 Å². The van der Waals surface area contributed by atoms with Gasteiger partial charge in [0.2, 0.25) is 0 Å². The summed E-state index contributed by atoms with van der Waals surface area (Å²) in [5, 5.41) is 47.3. The zero-order valence-electron chi connectivity index (χ0n) is 41.8. The van der Waals surface area contributed by atoms with Crippen molar-refractivity contribution < 1.29 is 55.0 Å². The van der Waals surface area contributed by atoms with E-state index in [4.69, 9.17) is 18.8 Å². The molecule has 0 unspecified atom stereocenters. The summed E-state index contributed by atoms with van der Waals surface area (Å²) in [7, 11) is 0. The van der Waals surface area contributed by atoms with Crippen LogP contribution in [0.3, 0.4) is 0 Å². The highest BCUT2D eigenvalue weighted by molar-refractivity contribution is 6.17. The van der Waals surface area contributed by atoms with Crippen molar-refractivity contribution in [3.63, 3.8) is 0 Å². The lowest BCUT2D eigenvalue weighted by molar-refractivity contribution is -0.138. The van der Waals surface area contributed by atoms with Crippen LogP contribution in [0, 0.1) is 0 Å². The van der Waals surface area contributed by atoms with Gasteiger partial charge in [0.25, 0.3) is 11.8 Å². The topological polar surface area (TPSA) is 251 Å². The van der Waals surface area contributed by atoms with Gasteiger partial charge in [0.1, 0.15) is 0 Å². The quantitative estimate of drug-likeness (QED) is 0.0625. The Kier molecular flexibility index (Phi) is 14.5. The summed E-state index contributed by atoms with van der Waals surface area (Å²) in [5.41, 5.74) is 4.26. The number of aromatic nitrogens is 6. The number of carbonyl (C=O) groups excluding carboxylic acids is 2. The van der Waals surface area contributed by atoms with Crippen molar-refractivity contribution in [1.29, 1.82) is 0 Å². The smallest absolute Gasteiger partial charge is 0.402 e. The van der Waals surface area contributed by atoms with E-state index in [0.717, 1.165) is 45.5 Å². The number of benzene rings is 4. The fraction of sp³-hybridized carbons (Fsp3) is 0.250. The Morgan fingerprint density at radius 2 is 0.875 bits per heavy atom. The Bertz CT molecular complexity index is 3410. The molecule has 2 fully saturated rings. The SMILES string of the molecule is O=C1Cc2ccccc2C(c2ccccc2)=N[C@@H]1Nc1nnc(-c2ncc(C(F)(F)F)cc2N[C@@H]2CC[C@@H]2O)o1.O=C1Cc2ccccc2C(c2ccccc2)=N[C@@H]1Nc1nnc(-c2ncc(C(F)(F)F)cc2N[C@H]2CC[C@H]2O)o1. The number of rotatable bonds is 12. The lowest BCUT2D eigenvalue weighted by atomic mass is 9.89. The molecule has 0 radical (unpaired) electrons. The highest BCUT2D eigenvalue weighted by Gasteiger charge is 2.37. The van der Waals surface area contributed by atoms with E-state index < -0.39 is 60.1 Å². The monoisotopic (exact) mass is 1100 g/mol. The van der Waals surface area contributed by atoms with Gasteiger partial charge in [-0.1, -0.05) is 119 Å². The number of fused-ring (bicyclic) bond motifs is 2. The van der Waals surface area contributed by atoms with E-state index in [-0.39, 0.29) is 71.0 Å².